The van der Waals surface area contributed by atoms with Crippen molar-refractivity contribution in [1.82, 2.24) is 0 Å². The van der Waals surface area contributed by atoms with Crippen LogP contribution < -0.4 is 0 Å². The molecule has 0 rings (SSSR count). The van der Waals surface area contributed by atoms with E-state index in [0.717, 1.165) is 141 Å². The number of carbonyl (C=O) groups is 3. The van der Waals surface area contributed by atoms with Gasteiger partial charge in [-0.05, 0) is 141 Å². The number of hydrogen-bond acceptors (Lipinski definition) is 14. The molecular weight excluding hydrogens is 1270 g/mol. The average Bonchev–Trinajstić information content (AvgIpc) is 1.36. The van der Waals surface area contributed by atoms with E-state index in [2.05, 4.69) is 154 Å². The highest BCUT2D eigenvalue weighted by molar-refractivity contribution is 7.47. The molecule has 0 spiro atoms. The molecule has 4 N–H and O–H groups in total. The zero-order valence-corrected chi connectivity index (χ0v) is 62.0. The third kappa shape index (κ3) is 72.5. The van der Waals surface area contributed by atoms with Gasteiger partial charge in [-0.1, -0.05) is 263 Å². The van der Waals surface area contributed by atoms with E-state index in [1.54, 1.807) is 0 Å². The highest BCUT2D eigenvalue weighted by Crippen LogP contribution is 2.45. The quantitative estimate of drug-likeness (QED) is 0.0146. The second-order valence-corrected chi connectivity index (χ2v) is 27.3. The number of aliphatic hydroxyl groups is 2. The number of esters is 3. The number of carbonyl (C=O) groups excluding carboxylic acids is 3. The highest BCUT2D eigenvalue weighted by atomic mass is 31.2. The summed E-state index contributed by atoms with van der Waals surface area (Å²) in [4.78, 5) is 58.5. The molecule has 0 aromatic carbocycles. The van der Waals surface area contributed by atoms with Gasteiger partial charge in [-0.15, -0.1) is 0 Å². The minimum atomic E-state index is -4.95. The molecule has 18 heteroatoms. The number of phosphoric acid groups is 2. The molecule has 5 atom stereocenters. The monoisotopic (exact) mass is 1400 g/mol. The van der Waals surface area contributed by atoms with Gasteiger partial charge >= 0.3 is 33.6 Å². The van der Waals surface area contributed by atoms with E-state index >= 15 is 0 Å². The first-order valence-electron chi connectivity index (χ1n) is 37.1. The van der Waals surface area contributed by atoms with E-state index in [1.807, 2.05) is 12.2 Å². The van der Waals surface area contributed by atoms with Gasteiger partial charge in [-0.25, -0.2) is 9.13 Å². The van der Waals surface area contributed by atoms with E-state index in [9.17, 15) is 43.5 Å². The molecule has 97 heavy (non-hydrogen) atoms. The third-order valence-electron chi connectivity index (χ3n) is 15.0. The SMILES string of the molecule is CC/C=C\C/C=C\C/C=C\C/C=C\C/C=C\CCCC(=O)OC(COC(=O)CCCCCCCC/C=C\C/C=C\C/C=C\CCCCC)COP(=O)(O)OCC(O)COP(=O)(O)OCC(O)COC(=O)CCCCCCCCCCC/C=C\C/C=C\C/C=C\C/C=C\CCCCC. The number of hydrogen-bond donors (Lipinski definition) is 4. The predicted octanol–water partition coefficient (Wildman–Crippen LogP) is 21.3. The number of aliphatic hydroxyl groups excluding tert-OH is 2. The summed E-state index contributed by atoms with van der Waals surface area (Å²) in [7, 11) is -9.82. The molecule has 0 amide bonds. The molecule has 0 radical (unpaired) electrons. The normalized spacial score (nSPS) is 14.9. The molecule has 0 aliphatic rings. The molecule has 0 saturated heterocycles. The fraction of sp³-hybridized carbons (Fsp3) is 0.658. The molecule has 0 aliphatic carbocycles. The van der Waals surface area contributed by atoms with Gasteiger partial charge in [-0.3, -0.25) is 32.5 Å². The molecule has 0 aliphatic heterocycles. The van der Waals surface area contributed by atoms with Crippen molar-refractivity contribution in [2.75, 3.05) is 39.6 Å². The number of allylic oxidation sites excluding steroid dienone is 24. The van der Waals surface area contributed by atoms with E-state index in [1.165, 1.54) is 70.6 Å². The van der Waals surface area contributed by atoms with Crippen molar-refractivity contribution in [3.05, 3.63) is 146 Å². The fourth-order valence-corrected chi connectivity index (χ4v) is 10.9. The van der Waals surface area contributed by atoms with Crippen molar-refractivity contribution in [3.8, 4) is 0 Å². The van der Waals surface area contributed by atoms with Crippen molar-refractivity contribution in [2.24, 2.45) is 0 Å². The zero-order chi connectivity index (χ0) is 70.9. The van der Waals surface area contributed by atoms with Crippen LogP contribution in [0.4, 0.5) is 0 Å². The molecule has 16 nitrogen and oxygen atoms in total. The predicted molar refractivity (Wildman–Crippen MR) is 399 cm³/mol. The minimum Gasteiger partial charge on any atom is -0.463 e. The van der Waals surface area contributed by atoms with Crippen LogP contribution in [-0.2, 0) is 55.8 Å². The number of rotatable bonds is 69. The van der Waals surface area contributed by atoms with Crippen molar-refractivity contribution in [2.45, 2.75) is 296 Å². The van der Waals surface area contributed by atoms with Gasteiger partial charge in [-0.2, -0.15) is 0 Å². The first-order chi connectivity index (χ1) is 47.2. The Balaban J connectivity index is 4.68. The van der Waals surface area contributed by atoms with Crippen LogP contribution in [0.3, 0.4) is 0 Å². The standard InChI is InChI=1S/C79H132O16P2/c1-4-7-10-13-16-19-22-25-28-31-33-34-35-36-37-38-40-43-44-47-50-53-56-59-62-65-77(82)89-68-74(80)69-91-96(85,86)92-70-75(81)71-93-97(87,88)94-73-76(95-79(84)67-64-61-58-55-52-49-46-41-30-27-24-21-18-15-12-9-6-3)72-90-78(83)66-63-60-57-54-51-48-45-42-39-32-29-26-23-20-17-14-11-8-5-2/h9,12,16-21,25-30,33-34,36-37,39,42,46,49,55,58,74-76,80-81H,4-8,10-11,13-15,22-24,31-32,35,38,40-41,43-45,47-48,50-54,56-57,59-73H2,1-3H3,(H,85,86)(H,87,88)/b12-9-,19-16-,20-17-,21-18-,28-25-,29-26-,30-27-,34-33-,37-36-,42-39-,49-46-,58-55-. The maximum absolute atomic E-state index is 12.9. The summed E-state index contributed by atoms with van der Waals surface area (Å²) in [6, 6.07) is 0. The average molecular weight is 1400 g/mol. The lowest BCUT2D eigenvalue weighted by Crippen LogP contribution is -2.30. The smallest absolute Gasteiger partial charge is 0.463 e. The first-order valence-corrected chi connectivity index (χ1v) is 40.1. The fourth-order valence-electron chi connectivity index (χ4n) is 9.36. The van der Waals surface area contributed by atoms with Crippen molar-refractivity contribution in [1.29, 1.82) is 0 Å². The Morgan fingerprint density at radius 2 is 0.557 bits per heavy atom. The maximum Gasteiger partial charge on any atom is 0.472 e. The van der Waals surface area contributed by atoms with Crippen molar-refractivity contribution >= 4 is 33.6 Å². The van der Waals surface area contributed by atoms with E-state index in [-0.39, 0.29) is 19.3 Å². The second-order valence-electron chi connectivity index (χ2n) is 24.4. The van der Waals surface area contributed by atoms with Gasteiger partial charge in [0.15, 0.2) is 6.10 Å². The van der Waals surface area contributed by atoms with Crippen LogP contribution in [0, 0.1) is 0 Å². The number of unbranched alkanes of at least 4 members (excludes halogenated alkanes) is 22. The Bertz CT molecular complexity index is 2350. The lowest BCUT2D eigenvalue weighted by Gasteiger charge is -2.21. The van der Waals surface area contributed by atoms with E-state index < -0.39 is 91.5 Å². The van der Waals surface area contributed by atoms with Gasteiger partial charge in [0.05, 0.1) is 26.4 Å². The van der Waals surface area contributed by atoms with Crippen molar-refractivity contribution in [3.63, 3.8) is 0 Å². The number of ether oxygens (including phenoxy) is 3. The maximum atomic E-state index is 12.9. The van der Waals surface area contributed by atoms with Gasteiger partial charge < -0.3 is 34.2 Å². The summed E-state index contributed by atoms with van der Waals surface area (Å²) in [5.41, 5.74) is 0. The zero-order valence-electron chi connectivity index (χ0n) is 60.2. The first kappa shape index (κ1) is 92.4. The Kier molecular flexibility index (Phi) is 67.9. The molecule has 0 saturated carbocycles. The van der Waals surface area contributed by atoms with Crippen LogP contribution in [0.5, 0.6) is 0 Å². The number of phosphoric ester groups is 2. The molecule has 0 fully saturated rings. The lowest BCUT2D eigenvalue weighted by molar-refractivity contribution is -0.161. The van der Waals surface area contributed by atoms with Crippen LogP contribution in [0.15, 0.2) is 146 Å². The summed E-state index contributed by atoms with van der Waals surface area (Å²) < 4.78 is 61.0. The van der Waals surface area contributed by atoms with Gasteiger partial charge in [0.1, 0.15) is 25.4 Å². The summed E-state index contributed by atoms with van der Waals surface area (Å²) in [6.45, 7) is 2.40. The van der Waals surface area contributed by atoms with Gasteiger partial charge in [0, 0.05) is 19.3 Å². The third-order valence-corrected chi connectivity index (χ3v) is 16.9. The molecule has 0 heterocycles. The van der Waals surface area contributed by atoms with E-state index in [0.29, 0.717) is 25.7 Å². The molecular formula is C79H132O16P2. The largest absolute Gasteiger partial charge is 0.472 e. The molecule has 0 aromatic heterocycles. The summed E-state index contributed by atoms with van der Waals surface area (Å²) >= 11 is 0. The molecule has 0 bridgehead atoms. The van der Waals surface area contributed by atoms with Crippen molar-refractivity contribution < 1.29 is 75.8 Å². The highest BCUT2D eigenvalue weighted by Gasteiger charge is 2.29. The van der Waals surface area contributed by atoms with Crippen LogP contribution >= 0.6 is 15.6 Å². The Hall–Kier alpha value is -4.57. The Morgan fingerprint density at radius 3 is 0.897 bits per heavy atom. The van der Waals surface area contributed by atoms with Crippen LogP contribution in [0.25, 0.3) is 0 Å². The second kappa shape index (κ2) is 71.3. The minimum absolute atomic E-state index is 0.0185. The summed E-state index contributed by atoms with van der Waals surface area (Å²) in [5.74, 6) is -1.67. The Morgan fingerprint density at radius 1 is 0.299 bits per heavy atom. The topological polar surface area (TPSA) is 231 Å². The van der Waals surface area contributed by atoms with E-state index in [4.69, 9.17) is 32.3 Å². The summed E-state index contributed by atoms with van der Waals surface area (Å²) in [6.07, 6.45) is 86.1. The van der Waals surface area contributed by atoms with Crippen LogP contribution in [-0.4, -0.2) is 95.9 Å². The molecule has 5 unspecified atom stereocenters. The lowest BCUT2D eigenvalue weighted by atomic mass is 10.1. The van der Waals surface area contributed by atoms with Gasteiger partial charge in [0.2, 0.25) is 0 Å². The van der Waals surface area contributed by atoms with Crippen LogP contribution in [0.2, 0.25) is 0 Å². The summed E-state index contributed by atoms with van der Waals surface area (Å²) in [5, 5.41) is 20.6. The Labute approximate surface area is 587 Å². The molecule has 0 aromatic rings. The van der Waals surface area contributed by atoms with Crippen LogP contribution in [0.1, 0.15) is 278 Å². The molecule has 554 valence electrons. The van der Waals surface area contributed by atoms with Gasteiger partial charge in [0.25, 0.3) is 0 Å².